The van der Waals surface area contributed by atoms with Crippen molar-refractivity contribution >= 4 is 28.5 Å². The second kappa shape index (κ2) is 6.24. The van der Waals surface area contributed by atoms with Gasteiger partial charge in [0.15, 0.2) is 11.2 Å². The van der Waals surface area contributed by atoms with Crippen molar-refractivity contribution in [2.45, 2.75) is 27.3 Å². The number of fused-ring (bicyclic) bond motifs is 3. The van der Waals surface area contributed by atoms with Crippen molar-refractivity contribution in [1.29, 1.82) is 0 Å². The third-order valence-electron chi connectivity index (χ3n) is 5.03. The minimum absolute atomic E-state index is 0.171. The second-order valence-corrected chi connectivity index (χ2v) is 7.53. The zero-order chi connectivity index (χ0) is 20.3. The maximum absolute atomic E-state index is 13.2. The fourth-order valence-corrected chi connectivity index (χ4v) is 3.69. The van der Waals surface area contributed by atoms with Gasteiger partial charge in [-0.15, -0.1) is 0 Å². The quantitative estimate of drug-likeness (QED) is 0.499. The van der Waals surface area contributed by atoms with Gasteiger partial charge in [-0.05, 0) is 45.0 Å². The maximum atomic E-state index is 13.2. The lowest BCUT2D eigenvalue weighted by atomic mass is 10.3. The standard InChI is InChI=1S/C20H20ClN5O2/c1-11(2)10-24-18(27)16-17(23(5)20(24)28)22-19-25(12(3)13(4)26(16)19)15-8-6-14(21)7-9-15/h6-9H,1,10H2,2-5H3. The minimum atomic E-state index is -0.409. The Labute approximate surface area is 165 Å². The van der Waals surface area contributed by atoms with Crippen LogP contribution in [0, 0.1) is 13.8 Å². The molecule has 28 heavy (non-hydrogen) atoms. The van der Waals surface area contributed by atoms with Gasteiger partial charge in [0, 0.05) is 29.1 Å². The number of aromatic nitrogens is 5. The normalized spacial score (nSPS) is 11.6. The number of imidazole rings is 2. The van der Waals surface area contributed by atoms with Gasteiger partial charge in [0.2, 0.25) is 5.78 Å². The van der Waals surface area contributed by atoms with Crippen LogP contribution in [0.25, 0.3) is 22.6 Å². The van der Waals surface area contributed by atoms with Crippen LogP contribution in [0.15, 0.2) is 46.0 Å². The first-order chi connectivity index (χ1) is 13.2. The second-order valence-electron chi connectivity index (χ2n) is 7.09. The van der Waals surface area contributed by atoms with E-state index in [0.29, 0.717) is 22.0 Å². The van der Waals surface area contributed by atoms with Crippen molar-refractivity contribution in [1.82, 2.24) is 23.1 Å². The third kappa shape index (κ3) is 2.46. The summed E-state index contributed by atoms with van der Waals surface area (Å²) < 4.78 is 6.38. The molecule has 3 heterocycles. The Kier molecular flexibility index (Phi) is 4.08. The van der Waals surface area contributed by atoms with E-state index in [1.54, 1.807) is 26.1 Å². The highest BCUT2D eigenvalue weighted by Gasteiger charge is 2.23. The molecule has 0 saturated heterocycles. The number of nitrogens with zero attached hydrogens (tertiary/aromatic N) is 5. The van der Waals surface area contributed by atoms with Crippen molar-refractivity contribution in [2.24, 2.45) is 7.05 Å². The highest BCUT2D eigenvalue weighted by Crippen LogP contribution is 2.25. The molecule has 0 unspecified atom stereocenters. The predicted octanol–water partition coefficient (Wildman–Crippen LogP) is 2.98. The molecular formula is C20H20ClN5O2. The Balaban J connectivity index is 2.18. The van der Waals surface area contributed by atoms with Crippen molar-refractivity contribution in [2.75, 3.05) is 0 Å². The molecule has 1 aromatic carbocycles. The summed E-state index contributed by atoms with van der Waals surface area (Å²) in [6, 6.07) is 7.40. The fourth-order valence-electron chi connectivity index (χ4n) is 3.56. The molecule has 7 nitrogen and oxygen atoms in total. The molecule has 0 N–H and O–H groups in total. The van der Waals surface area contributed by atoms with Crippen LogP contribution in [0.2, 0.25) is 5.02 Å². The highest BCUT2D eigenvalue weighted by molar-refractivity contribution is 6.30. The van der Waals surface area contributed by atoms with E-state index >= 15 is 0 Å². The molecule has 0 aliphatic rings. The van der Waals surface area contributed by atoms with Crippen LogP contribution in [0.3, 0.4) is 0 Å². The smallest absolute Gasteiger partial charge is 0.283 e. The maximum Gasteiger partial charge on any atom is 0.332 e. The topological polar surface area (TPSA) is 66.2 Å². The summed E-state index contributed by atoms with van der Waals surface area (Å²) in [4.78, 5) is 30.5. The molecule has 0 saturated carbocycles. The molecule has 0 radical (unpaired) electrons. The van der Waals surface area contributed by atoms with E-state index in [-0.39, 0.29) is 12.1 Å². The molecule has 0 atom stereocenters. The van der Waals surface area contributed by atoms with Gasteiger partial charge in [-0.1, -0.05) is 23.8 Å². The number of aryl methyl sites for hydroxylation is 2. The summed E-state index contributed by atoms with van der Waals surface area (Å²) in [6.07, 6.45) is 0. The third-order valence-corrected chi connectivity index (χ3v) is 5.28. The molecule has 4 aromatic rings. The first kappa shape index (κ1) is 18.3. The van der Waals surface area contributed by atoms with Crippen molar-refractivity contribution < 1.29 is 0 Å². The number of allylic oxidation sites excluding steroid dienone is 1. The number of hydrogen-bond donors (Lipinski definition) is 0. The highest BCUT2D eigenvalue weighted by atomic mass is 35.5. The molecular weight excluding hydrogens is 378 g/mol. The van der Waals surface area contributed by atoms with Crippen molar-refractivity contribution in [3.05, 3.63) is 73.7 Å². The Morgan fingerprint density at radius 1 is 1.14 bits per heavy atom. The molecule has 0 bridgehead atoms. The molecule has 4 rings (SSSR count). The average Bonchev–Trinajstić information content (AvgIpc) is 3.14. The SMILES string of the molecule is C=C(C)Cn1c(=O)c2c(nc3n(-c4ccc(Cl)cc4)c(C)c(C)n23)n(C)c1=O. The van der Waals surface area contributed by atoms with Crippen LogP contribution in [0.4, 0.5) is 0 Å². The van der Waals surface area contributed by atoms with Crippen LogP contribution in [-0.4, -0.2) is 23.1 Å². The van der Waals surface area contributed by atoms with Crippen LogP contribution in [-0.2, 0) is 13.6 Å². The van der Waals surface area contributed by atoms with E-state index < -0.39 is 5.69 Å². The molecule has 0 fully saturated rings. The first-order valence-electron chi connectivity index (χ1n) is 8.82. The van der Waals surface area contributed by atoms with Crippen LogP contribution in [0.5, 0.6) is 0 Å². The van der Waals surface area contributed by atoms with Crippen LogP contribution >= 0.6 is 11.6 Å². The monoisotopic (exact) mass is 397 g/mol. The van der Waals surface area contributed by atoms with E-state index in [0.717, 1.165) is 22.6 Å². The summed E-state index contributed by atoms with van der Waals surface area (Å²) in [5.41, 5.74) is 3.39. The van der Waals surface area contributed by atoms with Crippen LogP contribution in [0.1, 0.15) is 18.3 Å². The van der Waals surface area contributed by atoms with Gasteiger partial charge in [0.1, 0.15) is 0 Å². The van der Waals surface area contributed by atoms with Gasteiger partial charge in [0.05, 0.1) is 6.54 Å². The number of rotatable bonds is 3. The summed E-state index contributed by atoms with van der Waals surface area (Å²) in [6.45, 7) is 9.69. The van der Waals surface area contributed by atoms with E-state index in [1.165, 1.54) is 9.13 Å². The van der Waals surface area contributed by atoms with Gasteiger partial charge >= 0.3 is 5.69 Å². The van der Waals surface area contributed by atoms with Gasteiger partial charge < -0.3 is 0 Å². The number of benzene rings is 1. The van der Waals surface area contributed by atoms with Crippen molar-refractivity contribution in [3.63, 3.8) is 0 Å². The average molecular weight is 398 g/mol. The molecule has 8 heteroatoms. The molecule has 0 aliphatic heterocycles. The summed E-state index contributed by atoms with van der Waals surface area (Å²) in [5.74, 6) is 0.576. The largest absolute Gasteiger partial charge is 0.332 e. The number of hydrogen-bond acceptors (Lipinski definition) is 3. The van der Waals surface area contributed by atoms with E-state index in [9.17, 15) is 9.59 Å². The lowest BCUT2D eigenvalue weighted by Crippen LogP contribution is -2.39. The molecule has 0 aliphatic carbocycles. The fraction of sp³-hybridized carbons (Fsp3) is 0.250. The summed E-state index contributed by atoms with van der Waals surface area (Å²) in [7, 11) is 1.63. The van der Waals surface area contributed by atoms with Crippen molar-refractivity contribution in [3.8, 4) is 5.69 Å². The molecule has 3 aromatic heterocycles. The lowest BCUT2D eigenvalue weighted by molar-refractivity contribution is 0.651. The van der Waals surface area contributed by atoms with Gasteiger partial charge in [-0.2, -0.15) is 4.98 Å². The summed E-state index contributed by atoms with van der Waals surface area (Å²) in [5, 5.41) is 0.639. The Bertz CT molecular complexity index is 1380. The minimum Gasteiger partial charge on any atom is -0.283 e. The number of halogens is 1. The van der Waals surface area contributed by atoms with E-state index in [2.05, 4.69) is 11.6 Å². The zero-order valence-electron chi connectivity index (χ0n) is 16.2. The first-order valence-corrected chi connectivity index (χ1v) is 9.20. The zero-order valence-corrected chi connectivity index (χ0v) is 16.9. The van der Waals surface area contributed by atoms with Gasteiger partial charge in [-0.3, -0.25) is 22.9 Å². The van der Waals surface area contributed by atoms with Gasteiger partial charge in [0.25, 0.3) is 5.56 Å². The molecule has 144 valence electrons. The Morgan fingerprint density at radius 2 is 1.79 bits per heavy atom. The van der Waals surface area contributed by atoms with Crippen LogP contribution < -0.4 is 11.2 Å². The Hall–Kier alpha value is -3.06. The summed E-state index contributed by atoms with van der Waals surface area (Å²) >= 11 is 6.03. The Morgan fingerprint density at radius 3 is 2.39 bits per heavy atom. The lowest BCUT2D eigenvalue weighted by Gasteiger charge is -2.08. The molecule has 0 amide bonds. The van der Waals surface area contributed by atoms with Gasteiger partial charge in [-0.25, -0.2) is 4.79 Å². The predicted molar refractivity (Wildman–Crippen MR) is 111 cm³/mol. The van der Waals surface area contributed by atoms with E-state index in [4.69, 9.17) is 11.6 Å². The molecule has 0 spiro atoms. The van der Waals surface area contributed by atoms with E-state index in [1.807, 2.05) is 34.9 Å².